The summed E-state index contributed by atoms with van der Waals surface area (Å²) in [6, 6.07) is 14.9. The molecule has 2 unspecified atom stereocenters. The molecule has 3 rings (SSSR count). The van der Waals surface area contributed by atoms with Crippen LogP contribution in [0.4, 0.5) is 0 Å². The van der Waals surface area contributed by atoms with E-state index in [0.29, 0.717) is 6.10 Å². The molecule has 0 radical (unpaired) electrons. The normalized spacial score (nSPS) is 20.1. The van der Waals surface area contributed by atoms with E-state index in [4.69, 9.17) is 4.74 Å². The van der Waals surface area contributed by atoms with Crippen LogP contribution in [0.1, 0.15) is 36.4 Å². The Labute approximate surface area is 126 Å². The molecule has 21 heavy (non-hydrogen) atoms. The zero-order valence-electron chi connectivity index (χ0n) is 12.2. The summed E-state index contributed by atoms with van der Waals surface area (Å²) in [7, 11) is 0. The van der Waals surface area contributed by atoms with E-state index in [9.17, 15) is 0 Å². The van der Waals surface area contributed by atoms with Crippen LogP contribution in [0, 0.1) is 0 Å². The van der Waals surface area contributed by atoms with E-state index in [-0.39, 0.29) is 6.04 Å². The first-order chi connectivity index (χ1) is 10.4. The lowest BCUT2D eigenvalue weighted by Gasteiger charge is -2.26. The fourth-order valence-corrected chi connectivity index (χ4v) is 2.85. The Morgan fingerprint density at radius 3 is 2.52 bits per heavy atom. The lowest BCUT2D eigenvalue weighted by Crippen LogP contribution is -2.34. The van der Waals surface area contributed by atoms with Gasteiger partial charge in [-0.25, -0.2) is 0 Å². The molecule has 0 saturated carbocycles. The van der Waals surface area contributed by atoms with Gasteiger partial charge in [-0.15, -0.1) is 0 Å². The third kappa shape index (κ3) is 3.90. The second-order valence-electron chi connectivity index (χ2n) is 5.52. The maximum Gasteiger partial charge on any atom is 0.0699 e. The third-order valence-electron chi connectivity index (χ3n) is 4.00. The van der Waals surface area contributed by atoms with Gasteiger partial charge in [0.1, 0.15) is 0 Å². The summed E-state index contributed by atoms with van der Waals surface area (Å²) < 4.78 is 5.83. The Morgan fingerprint density at radius 2 is 1.81 bits per heavy atom. The predicted octanol–water partition coefficient (Wildman–Crippen LogP) is 3.33. The van der Waals surface area contributed by atoms with Gasteiger partial charge in [-0.05, 0) is 42.5 Å². The zero-order valence-corrected chi connectivity index (χ0v) is 12.2. The summed E-state index contributed by atoms with van der Waals surface area (Å²) in [5, 5.41) is 3.67. The van der Waals surface area contributed by atoms with Crippen molar-refractivity contribution in [2.45, 2.75) is 31.4 Å². The summed E-state index contributed by atoms with van der Waals surface area (Å²) in [6.45, 7) is 1.79. The molecule has 3 heteroatoms. The molecular weight excluding hydrogens is 260 g/mol. The van der Waals surface area contributed by atoms with Crippen molar-refractivity contribution in [3.05, 3.63) is 66.0 Å². The predicted molar refractivity (Wildman–Crippen MR) is 84.1 cm³/mol. The molecule has 1 aliphatic rings. The van der Waals surface area contributed by atoms with Gasteiger partial charge < -0.3 is 10.1 Å². The van der Waals surface area contributed by atoms with Crippen LogP contribution in [-0.2, 0) is 4.74 Å². The molecule has 1 aromatic carbocycles. The maximum absolute atomic E-state index is 5.83. The van der Waals surface area contributed by atoms with Crippen LogP contribution in [0.5, 0.6) is 0 Å². The molecule has 1 fully saturated rings. The van der Waals surface area contributed by atoms with E-state index in [1.165, 1.54) is 24.0 Å². The summed E-state index contributed by atoms with van der Waals surface area (Å²) in [5.74, 6) is 0. The first-order valence-corrected chi connectivity index (χ1v) is 7.73. The number of hydrogen-bond donors (Lipinski definition) is 1. The molecule has 1 aromatic heterocycles. The highest BCUT2D eigenvalue weighted by Crippen LogP contribution is 2.22. The van der Waals surface area contributed by atoms with Gasteiger partial charge in [0.05, 0.1) is 12.1 Å². The van der Waals surface area contributed by atoms with Crippen molar-refractivity contribution < 1.29 is 4.74 Å². The second kappa shape index (κ2) is 7.34. The first kappa shape index (κ1) is 14.2. The summed E-state index contributed by atoms with van der Waals surface area (Å²) in [4.78, 5) is 4.12. The minimum absolute atomic E-state index is 0.194. The van der Waals surface area contributed by atoms with Crippen molar-refractivity contribution >= 4 is 0 Å². The topological polar surface area (TPSA) is 34.1 Å². The Kier molecular flexibility index (Phi) is 4.98. The number of nitrogens with zero attached hydrogens (tertiary/aromatic N) is 1. The van der Waals surface area contributed by atoms with Gasteiger partial charge in [0, 0.05) is 25.5 Å². The number of aromatic nitrogens is 1. The highest BCUT2D eigenvalue weighted by molar-refractivity contribution is 5.30. The van der Waals surface area contributed by atoms with Crippen molar-refractivity contribution in [3.8, 4) is 0 Å². The van der Waals surface area contributed by atoms with Gasteiger partial charge in [0.15, 0.2) is 0 Å². The minimum atomic E-state index is 0.194. The highest BCUT2D eigenvalue weighted by atomic mass is 16.5. The van der Waals surface area contributed by atoms with Crippen LogP contribution < -0.4 is 5.32 Å². The average Bonchev–Trinajstić information content (AvgIpc) is 2.58. The van der Waals surface area contributed by atoms with E-state index < -0.39 is 0 Å². The van der Waals surface area contributed by atoms with Crippen molar-refractivity contribution in [3.63, 3.8) is 0 Å². The van der Waals surface area contributed by atoms with Crippen LogP contribution in [-0.4, -0.2) is 24.2 Å². The quantitative estimate of drug-likeness (QED) is 0.913. The number of hydrogen-bond acceptors (Lipinski definition) is 3. The summed E-state index contributed by atoms with van der Waals surface area (Å²) in [5.41, 5.74) is 2.52. The third-order valence-corrected chi connectivity index (χ3v) is 4.00. The zero-order chi connectivity index (χ0) is 14.3. The minimum Gasteiger partial charge on any atom is -0.377 e. The van der Waals surface area contributed by atoms with Gasteiger partial charge in [0.25, 0.3) is 0 Å². The Bertz CT molecular complexity index is 484. The molecule has 1 N–H and O–H groups in total. The van der Waals surface area contributed by atoms with Crippen LogP contribution in [0.3, 0.4) is 0 Å². The van der Waals surface area contributed by atoms with Crippen LogP contribution in [0.25, 0.3) is 0 Å². The number of pyridine rings is 1. The van der Waals surface area contributed by atoms with Crippen LogP contribution in [0.15, 0.2) is 54.9 Å². The largest absolute Gasteiger partial charge is 0.377 e. The lowest BCUT2D eigenvalue weighted by atomic mass is 9.99. The van der Waals surface area contributed by atoms with E-state index >= 15 is 0 Å². The molecule has 0 aliphatic carbocycles. The first-order valence-electron chi connectivity index (χ1n) is 7.73. The van der Waals surface area contributed by atoms with Crippen LogP contribution >= 0.6 is 0 Å². The molecule has 1 saturated heterocycles. The van der Waals surface area contributed by atoms with E-state index in [1.807, 2.05) is 12.4 Å². The molecule has 0 spiro atoms. The van der Waals surface area contributed by atoms with E-state index in [0.717, 1.165) is 19.6 Å². The molecule has 0 bridgehead atoms. The van der Waals surface area contributed by atoms with Gasteiger partial charge in [-0.3, -0.25) is 4.98 Å². The number of nitrogens with one attached hydrogen (secondary N) is 1. The van der Waals surface area contributed by atoms with E-state index in [2.05, 4.69) is 52.8 Å². The number of benzene rings is 1. The Balaban J connectivity index is 1.73. The molecule has 1 aliphatic heterocycles. The van der Waals surface area contributed by atoms with Gasteiger partial charge in [0.2, 0.25) is 0 Å². The molecule has 2 heterocycles. The number of ether oxygens (including phenoxy) is 1. The maximum atomic E-state index is 5.83. The summed E-state index contributed by atoms with van der Waals surface area (Å²) in [6.07, 6.45) is 7.67. The SMILES string of the molecule is c1ccc(C(NCC2CCCCO2)c2ccncc2)cc1. The Morgan fingerprint density at radius 1 is 1.05 bits per heavy atom. The lowest BCUT2D eigenvalue weighted by molar-refractivity contribution is 0.0159. The van der Waals surface area contributed by atoms with E-state index in [1.54, 1.807) is 0 Å². The second-order valence-corrected chi connectivity index (χ2v) is 5.52. The Hall–Kier alpha value is -1.71. The molecule has 2 aromatic rings. The van der Waals surface area contributed by atoms with Crippen molar-refractivity contribution in [2.75, 3.05) is 13.2 Å². The van der Waals surface area contributed by atoms with Gasteiger partial charge in [-0.1, -0.05) is 30.3 Å². The number of rotatable bonds is 5. The summed E-state index contributed by atoms with van der Waals surface area (Å²) >= 11 is 0. The molecule has 0 amide bonds. The fourth-order valence-electron chi connectivity index (χ4n) is 2.85. The standard InChI is InChI=1S/C18H22N2O/c1-2-6-15(7-3-1)18(16-9-11-19-12-10-16)20-14-17-8-4-5-13-21-17/h1-3,6-7,9-12,17-18,20H,4-5,8,13-14H2. The average molecular weight is 282 g/mol. The molecule has 3 nitrogen and oxygen atoms in total. The van der Waals surface area contributed by atoms with Crippen molar-refractivity contribution in [1.29, 1.82) is 0 Å². The van der Waals surface area contributed by atoms with Crippen LogP contribution in [0.2, 0.25) is 0 Å². The van der Waals surface area contributed by atoms with Crippen molar-refractivity contribution in [1.82, 2.24) is 10.3 Å². The van der Waals surface area contributed by atoms with Gasteiger partial charge in [-0.2, -0.15) is 0 Å². The molecule has 110 valence electrons. The highest BCUT2D eigenvalue weighted by Gasteiger charge is 2.18. The fraction of sp³-hybridized carbons (Fsp3) is 0.389. The van der Waals surface area contributed by atoms with Crippen molar-refractivity contribution in [2.24, 2.45) is 0 Å². The van der Waals surface area contributed by atoms with Gasteiger partial charge >= 0.3 is 0 Å². The smallest absolute Gasteiger partial charge is 0.0699 e. The molecule has 2 atom stereocenters. The molecular formula is C18H22N2O. The monoisotopic (exact) mass is 282 g/mol.